The largest absolute Gasteiger partial charge is 0.397 e. The van der Waals surface area contributed by atoms with Crippen molar-refractivity contribution in [2.45, 2.75) is 17.1 Å². The van der Waals surface area contributed by atoms with Crippen LogP contribution in [-0.2, 0) is 0 Å². The van der Waals surface area contributed by atoms with Gasteiger partial charge in [-0.15, -0.1) is 5.10 Å². The Bertz CT molecular complexity index is 422. The van der Waals surface area contributed by atoms with Gasteiger partial charge in [0.1, 0.15) is 10.9 Å². The third-order valence-corrected chi connectivity index (χ3v) is 2.35. The molecule has 0 aromatic carbocycles. The molecule has 0 radical (unpaired) electrons. The molecule has 2 aromatic rings. The van der Waals surface area contributed by atoms with E-state index in [0.717, 1.165) is 10.9 Å². The topological polar surface area (TPSA) is 80.5 Å². The average molecular weight is 207 g/mol. The summed E-state index contributed by atoms with van der Waals surface area (Å²) >= 11 is 1.40. The van der Waals surface area contributed by atoms with Crippen LogP contribution < -0.4 is 5.73 Å². The molecule has 0 saturated heterocycles. The highest BCUT2D eigenvalue weighted by Crippen LogP contribution is 2.22. The third kappa shape index (κ3) is 2.02. The summed E-state index contributed by atoms with van der Waals surface area (Å²) in [5, 5.41) is 8.25. The SMILES string of the molecule is Cc1nc(Sc2ccc(N)cn2)n[nH]1. The number of nitrogens with one attached hydrogen (secondary N) is 1. The second-order valence-electron chi connectivity index (χ2n) is 2.74. The molecular weight excluding hydrogens is 198 g/mol. The van der Waals surface area contributed by atoms with Crippen LogP contribution in [0, 0.1) is 6.92 Å². The minimum Gasteiger partial charge on any atom is -0.397 e. The fourth-order valence-electron chi connectivity index (χ4n) is 0.913. The summed E-state index contributed by atoms with van der Waals surface area (Å²) < 4.78 is 0. The second kappa shape index (κ2) is 3.67. The summed E-state index contributed by atoms with van der Waals surface area (Å²) in [5.41, 5.74) is 6.17. The van der Waals surface area contributed by atoms with Crippen LogP contribution in [0.2, 0.25) is 0 Å². The highest BCUT2D eigenvalue weighted by molar-refractivity contribution is 7.99. The van der Waals surface area contributed by atoms with Gasteiger partial charge in [0.2, 0.25) is 5.16 Å². The van der Waals surface area contributed by atoms with Crippen molar-refractivity contribution in [3.63, 3.8) is 0 Å². The fraction of sp³-hybridized carbons (Fsp3) is 0.125. The zero-order valence-electron chi connectivity index (χ0n) is 7.56. The van der Waals surface area contributed by atoms with E-state index < -0.39 is 0 Å². The third-order valence-electron chi connectivity index (χ3n) is 1.53. The quantitative estimate of drug-likeness (QED) is 0.774. The van der Waals surface area contributed by atoms with Crippen LogP contribution in [0.15, 0.2) is 28.5 Å². The monoisotopic (exact) mass is 207 g/mol. The lowest BCUT2D eigenvalue weighted by Gasteiger charge is -1.95. The van der Waals surface area contributed by atoms with Gasteiger partial charge in [0, 0.05) is 0 Å². The lowest BCUT2D eigenvalue weighted by Crippen LogP contribution is -1.86. The number of aromatic nitrogens is 4. The zero-order chi connectivity index (χ0) is 9.97. The first-order valence-electron chi connectivity index (χ1n) is 4.02. The molecule has 5 nitrogen and oxygen atoms in total. The first kappa shape index (κ1) is 9.01. The molecule has 0 aliphatic carbocycles. The van der Waals surface area contributed by atoms with E-state index in [2.05, 4.69) is 20.2 Å². The summed E-state index contributed by atoms with van der Waals surface area (Å²) in [6.07, 6.45) is 1.61. The molecule has 3 N–H and O–H groups in total. The second-order valence-corrected chi connectivity index (χ2v) is 3.72. The number of H-pyrrole nitrogens is 1. The van der Waals surface area contributed by atoms with E-state index >= 15 is 0 Å². The molecule has 72 valence electrons. The van der Waals surface area contributed by atoms with E-state index in [-0.39, 0.29) is 0 Å². The molecule has 0 atom stereocenters. The molecule has 14 heavy (non-hydrogen) atoms. The maximum absolute atomic E-state index is 5.51. The molecule has 2 aromatic heterocycles. The molecule has 2 heterocycles. The van der Waals surface area contributed by atoms with Crippen LogP contribution in [0.4, 0.5) is 5.69 Å². The number of aryl methyl sites for hydroxylation is 1. The molecule has 0 saturated carbocycles. The standard InChI is InChI=1S/C8H9N5S/c1-5-11-8(13-12-5)14-7-3-2-6(9)4-10-7/h2-4H,9H2,1H3,(H,11,12,13). The van der Waals surface area contributed by atoms with Crippen LogP contribution in [0.25, 0.3) is 0 Å². The maximum Gasteiger partial charge on any atom is 0.214 e. The zero-order valence-corrected chi connectivity index (χ0v) is 8.38. The van der Waals surface area contributed by atoms with Crippen LogP contribution >= 0.6 is 11.8 Å². The Hall–Kier alpha value is -1.56. The average Bonchev–Trinajstić information content (AvgIpc) is 2.56. The van der Waals surface area contributed by atoms with Crippen molar-refractivity contribution in [2.75, 3.05) is 5.73 Å². The number of anilines is 1. The van der Waals surface area contributed by atoms with E-state index in [1.807, 2.05) is 13.0 Å². The van der Waals surface area contributed by atoms with Crippen molar-refractivity contribution in [1.82, 2.24) is 20.2 Å². The van der Waals surface area contributed by atoms with Gasteiger partial charge in [0.15, 0.2) is 0 Å². The Morgan fingerprint density at radius 3 is 2.86 bits per heavy atom. The molecule has 2 rings (SSSR count). The summed E-state index contributed by atoms with van der Waals surface area (Å²) in [6.45, 7) is 1.85. The summed E-state index contributed by atoms with van der Waals surface area (Å²) in [7, 11) is 0. The Balaban J connectivity index is 2.15. The highest BCUT2D eigenvalue weighted by Gasteiger charge is 2.02. The first-order chi connectivity index (χ1) is 6.74. The molecule has 6 heteroatoms. The van der Waals surface area contributed by atoms with Gasteiger partial charge in [-0.3, -0.25) is 5.10 Å². The molecule has 0 aliphatic heterocycles. The van der Waals surface area contributed by atoms with Gasteiger partial charge in [-0.1, -0.05) is 0 Å². The summed E-state index contributed by atoms with van der Waals surface area (Å²) in [5.74, 6) is 0.794. The smallest absolute Gasteiger partial charge is 0.214 e. The number of rotatable bonds is 2. The van der Waals surface area contributed by atoms with E-state index in [1.54, 1.807) is 12.3 Å². The Morgan fingerprint density at radius 1 is 1.43 bits per heavy atom. The van der Waals surface area contributed by atoms with Crippen LogP contribution in [0.1, 0.15) is 5.82 Å². The van der Waals surface area contributed by atoms with E-state index in [4.69, 9.17) is 5.73 Å². The lowest BCUT2D eigenvalue weighted by molar-refractivity contribution is 0.964. The Morgan fingerprint density at radius 2 is 2.29 bits per heavy atom. The Kier molecular flexibility index (Phi) is 2.36. The molecule has 0 spiro atoms. The van der Waals surface area contributed by atoms with Crippen molar-refractivity contribution in [1.29, 1.82) is 0 Å². The van der Waals surface area contributed by atoms with Gasteiger partial charge >= 0.3 is 0 Å². The van der Waals surface area contributed by atoms with Crippen molar-refractivity contribution in [2.24, 2.45) is 0 Å². The molecule has 0 bridgehead atoms. The minimum atomic E-state index is 0.653. The summed E-state index contributed by atoms with van der Waals surface area (Å²) in [4.78, 5) is 8.28. The Labute approximate surface area is 85.2 Å². The molecular formula is C8H9N5S. The lowest BCUT2D eigenvalue weighted by atomic mass is 10.4. The van der Waals surface area contributed by atoms with E-state index in [1.165, 1.54) is 11.8 Å². The predicted octanol–water partition coefficient (Wildman–Crippen LogP) is 1.24. The molecule has 0 amide bonds. The number of hydrogen-bond donors (Lipinski definition) is 2. The van der Waals surface area contributed by atoms with Crippen LogP contribution in [-0.4, -0.2) is 20.2 Å². The number of nitrogen functional groups attached to an aromatic ring is 1. The van der Waals surface area contributed by atoms with Gasteiger partial charge in [-0.25, -0.2) is 9.97 Å². The van der Waals surface area contributed by atoms with Gasteiger partial charge in [0.25, 0.3) is 0 Å². The van der Waals surface area contributed by atoms with Gasteiger partial charge in [-0.2, -0.15) is 0 Å². The van der Waals surface area contributed by atoms with Crippen molar-refractivity contribution in [3.05, 3.63) is 24.2 Å². The fourth-order valence-corrected chi connectivity index (χ4v) is 1.62. The molecule has 0 aliphatic rings. The normalized spacial score (nSPS) is 10.4. The molecule has 0 fully saturated rings. The van der Waals surface area contributed by atoms with Gasteiger partial charge in [0.05, 0.1) is 11.9 Å². The van der Waals surface area contributed by atoms with Crippen molar-refractivity contribution >= 4 is 17.4 Å². The number of hydrogen-bond acceptors (Lipinski definition) is 5. The van der Waals surface area contributed by atoms with Crippen LogP contribution in [0.5, 0.6) is 0 Å². The number of nitrogens with zero attached hydrogens (tertiary/aromatic N) is 3. The molecule has 0 unspecified atom stereocenters. The number of pyridine rings is 1. The van der Waals surface area contributed by atoms with Crippen LogP contribution in [0.3, 0.4) is 0 Å². The minimum absolute atomic E-state index is 0.653. The maximum atomic E-state index is 5.51. The number of aromatic amines is 1. The van der Waals surface area contributed by atoms with E-state index in [0.29, 0.717) is 10.8 Å². The van der Waals surface area contributed by atoms with Crippen molar-refractivity contribution in [3.8, 4) is 0 Å². The van der Waals surface area contributed by atoms with Gasteiger partial charge in [-0.05, 0) is 30.8 Å². The van der Waals surface area contributed by atoms with E-state index in [9.17, 15) is 0 Å². The predicted molar refractivity (Wildman–Crippen MR) is 53.9 cm³/mol. The first-order valence-corrected chi connectivity index (χ1v) is 4.84. The van der Waals surface area contributed by atoms with Crippen molar-refractivity contribution < 1.29 is 0 Å². The number of nitrogens with two attached hydrogens (primary N) is 1. The summed E-state index contributed by atoms with van der Waals surface area (Å²) in [6, 6.07) is 3.64. The van der Waals surface area contributed by atoms with Gasteiger partial charge < -0.3 is 5.73 Å². The highest BCUT2D eigenvalue weighted by atomic mass is 32.2.